The maximum Gasteiger partial charge on any atom is 0.344 e. The number of aliphatic hydroxyl groups is 3. The smallest absolute Gasteiger partial charge is 0.344 e. The van der Waals surface area contributed by atoms with Gasteiger partial charge in [-0.15, -0.1) is 0 Å². The molecule has 1 aromatic carbocycles. The van der Waals surface area contributed by atoms with E-state index in [2.05, 4.69) is 0 Å². The summed E-state index contributed by atoms with van der Waals surface area (Å²) in [6.07, 6.45) is -2.30. The van der Waals surface area contributed by atoms with Gasteiger partial charge in [0.05, 0.1) is 5.60 Å². The molecule has 2 heterocycles. The number of benzene rings is 1. The number of esters is 1. The van der Waals surface area contributed by atoms with Gasteiger partial charge in [-0.2, -0.15) is 0 Å². The number of fused-ring (bicyclic) bond motifs is 2. The molecule has 0 aliphatic carbocycles. The van der Waals surface area contributed by atoms with Crippen molar-refractivity contribution in [1.82, 2.24) is 0 Å². The molecule has 0 saturated carbocycles. The molecule has 1 aromatic rings. The van der Waals surface area contributed by atoms with Gasteiger partial charge < -0.3 is 44.8 Å². The second-order valence-corrected chi connectivity index (χ2v) is 12.8. The minimum absolute atomic E-state index is 0.0431. The number of carboxylic acid groups (broad SMARTS) is 3. The van der Waals surface area contributed by atoms with Gasteiger partial charge in [0.15, 0.2) is 6.10 Å². The fourth-order valence-corrected chi connectivity index (χ4v) is 6.26. The van der Waals surface area contributed by atoms with E-state index in [0.717, 1.165) is 29.7 Å². The number of hydrogen-bond acceptors (Lipinski definition) is 10. The van der Waals surface area contributed by atoms with Crippen molar-refractivity contribution in [2.45, 2.75) is 108 Å². The van der Waals surface area contributed by atoms with Crippen molar-refractivity contribution >= 4 is 23.9 Å². The lowest BCUT2D eigenvalue weighted by atomic mass is 9.74. The molecule has 2 fully saturated rings. The molecule has 254 valence electrons. The van der Waals surface area contributed by atoms with Crippen molar-refractivity contribution < 1.29 is 64.0 Å². The highest BCUT2D eigenvalue weighted by atomic mass is 16.8. The van der Waals surface area contributed by atoms with Crippen molar-refractivity contribution in [3.05, 3.63) is 59.7 Å². The van der Waals surface area contributed by atoms with Crippen molar-refractivity contribution in [1.29, 1.82) is 0 Å². The zero-order chi connectivity index (χ0) is 34.7. The van der Waals surface area contributed by atoms with Crippen LogP contribution >= 0.6 is 0 Å². The van der Waals surface area contributed by atoms with Gasteiger partial charge in [-0.05, 0) is 56.6 Å². The standard InChI is InChI=1S/C33H44O13/c1-6-19(2)18-30(5,42)14-13-23(34)44-25-24(35)31(15-12-20(3)16-21(4)17-22-10-8-7-9-11-22)45-26(27(36)37)32(43,28(38)39)33(25,46-31)29(40)41/h7-11,13-14,16,19,21,24-26,35,42-43H,6,12,15,17-18H2,1-5H3,(H,36,37)(H,38,39)(H,40,41)/b14-13+,20-16+/t19-,21+,24+,25+,26+,30-,31-,32+,33-/m0/s1. The van der Waals surface area contributed by atoms with Gasteiger partial charge >= 0.3 is 23.9 Å². The molecular formula is C33H44O13. The Kier molecular flexibility index (Phi) is 11.2. The summed E-state index contributed by atoms with van der Waals surface area (Å²) in [5.74, 6) is -10.3. The Balaban J connectivity index is 1.99. The van der Waals surface area contributed by atoms with Crippen molar-refractivity contribution in [2.24, 2.45) is 11.8 Å². The molecule has 6 N–H and O–H groups in total. The number of hydrogen-bond donors (Lipinski definition) is 6. The molecule has 2 saturated heterocycles. The zero-order valence-corrected chi connectivity index (χ0v) is 26.6. The Bertz CT molecular complexity index is 1350. The monoisotopic (exact) mass is 648 g/mol. The molecule has 9 atom stereocenters. The second kappa shape index (κ2) is 14.0. The van der Waals surface area contributed by atoms with E-state index in [1.54, 1.807) is 6.92 Å². The largest absolute Gasteiger partial charge is 0.479 e. The first-order valence-corrected chi connectivity index (χ1v) is 15.2. The van der Waals surface area contributed by atoms with Crippen LogP contribution in [0.2, 0.25) is 0 Å². The van der Waals surface area contributed by atoms with E-state index in [-0.39, 0.29) is 24.7 Å². The average Bonchev–Trinajstić information content (AvgIpc) is 3.19. The first-order chi connectivity index (χ1) is 21.3. The zero-order valence-electron chi connectivity index (χ0n) is 26.6. The number of rotatable bonds is 15. The second-order valence-electron chi connectivity index (χ2n) is 12.8. The van der Waals surface area contributed by atoms with Gasteiger partial charge in [0, 0.05) is 12.5 Å². The molecule has 2 bridgehead atoms. The predicted octanol–water partition coefficient (Wildman–Crippen LogP) is 2.46. The van der Waals surface area contributed by atoms with Crippen LogP contribution in [0.15, 0.2) is 54.1 Å². The molecular weight excluding hydrogens is 604 g/mol. The Morgan fingerprint density at radius 1 is 1.09 bits per heavy atom. The summed E-state index contributed by atoms with van der Waals surface area (Å²) in [4.78, 5) is 50.5. The number of ether oxygens (including phenoxy) is 3. The number of allylic oxidation sites excluding steroid dienone is 2. The number of aliphatic carboxylic acids is 3. The summed E-state index contributed by atoms with van der Waals surface area (Å²) in [5.41, 5.74) is -7.04. The minimum Gasteiger partial charge on any atom is -0.479 e. The quantitative estimate of drug-likeness (QED) is 0.0916. The lowest BCUT2D eigenvalue weighted by molar-refractivity contribution is -0.374. The fraction of sp³-hybridized carbons (Fsp3) is 0.576. The van der Waals surface area contributed by atoms with E-state index in [0.29, 0.717) is 6.42 Å². The van der Waals surface area contributed by atoms with Crippen molar-refractivity contribution in [3.8, 4) is 0 Å². The van der Waals surface area contributed by atoms with Gasteiger partial charge in [0.25, 0.3) is 0 Å². The maximum absolute atomic E-state index is 13.0. The lowest BCUT2D eigenvalue weighted by Crippen LogP contribution is -2.78. The Hall–Kier alpha value is -3.62. The fourth-order valence-electron chi connectivity index (χ4n) is 6.26. The van der Waals surface area contributed by atoms with Crippen LogP contribution in [0.1, 0.15) is 65.9 Å². The normalized spacial score (nSPS) is 32.0. The highest BCUT2D eigenvalue weighted by Crippen LogP contribution is 2.55. The summed E-state index contributed by atoms with van der Waals surface area (Å²) in [7, 11) is 0. The van der Waals surface area contributed by atoms with Crippen LogP contribution in [0.5, 0.6) is 0 Å². The predicted molar refractivity (Wildman–Crippen MR) is 161 cm³/mol. The molecule has 3 rings (SSSR count). The molecule has 0 unspecified atom stereocenters. The van der Waals surface area contributed by atoms with Gasteiger partial charge in [-0.3, -0.25) is 0 Å². The highest BCUT2D eigenvalue weighted by Gasteiger charge is 2.85. The summed E-state index contributed by atoms with van der Waals surface area (Å²) in [6, 6.07) is 9.68. The van der Waals surface area contributed by atoms with Gasteiger partial charge in [-0.25, -0.2) is 19.2 Å². The van der Waals surface area contributed by atoms with Crippen LogP contribution in [-0.4, -0.2) is 95.4 Å². The molecule has 2 aliphatic rings. The van der Waals surface area contributed by atoms with Crippen molar-refractivity contribution in [2.75, 3.05) is 0 Å². The van der Waals surface area contributed by atoms with Crippen LogP contribution in [0.25, 0.3) is 0 Å². The molecule has 46 heavy (non-hydrogen) atoms. The van der Waals surface area contributed by atoms with E-state index in [4.69, 9.17) is 14.2 Å². The Morgan fingerprint density at radius 2 is 1.72 bits per heavy atom. The third kappa shape index (κ3) is 7.18. The molecule has 2 aliphatic heterocycles. The summed E-state index contributed by atoms with van der Waals surface area (Å²) in [5, 5.41) is 63.8. The molecule has 13 nitrogen and oxygen atoms in total. The summed E-state index contributed by atoms with van der Waals surface area (Å²) >= 11 is 0. The summed E-state index contributed by atoms with van der Waals surface area (Å²) < 4.78 is 16.4. The molecule has 0 amide bonds. The number of carbonyl (C=O) groups is 4. The Labute approximate surface area is 267 Å². The van der Waals surface area contributed by atoms with Crippen LogP contribution < -0.4 is 0 Å². The number of carbonyl (C=O) groups excluding carboxylic acids is 1. The van der Waals surface area contributed by atoms with Crippen LogP contribution in [0.3, 0.4) is 0 Å². The molecule has 0 spiro atoms. The van der Waals surface area contributed by atoms with E-state index in [1.807, 2.05) is 57.2 Å². The van der Waals surface area contributed by atoms with Gasteiger partial charge in [0.2, 0.25) is 23.1 Å². The number of aliphatic hydroxyl groups excluding tert-OH is 1. The molecule has 13 heteroatoms. The SMILES string of the molecule is CC[C@H](C)C[C@@](C)(O)/C=C/C(=O)O[C@@H]1[C@@H](O)[C@@]2(CC/C(C)=C/[C@@H](C)Cc3ccccc3)O[C@H](C(=O)O)[C@@](O)(C(=O)O)[C@]1(C(=O)O)O2. The van der Waals surface area contributed by atoms with Crippen LogP contribution in [0.4, 0.5) is 0 Å². The third-order valence-electron chi connectivity index (χ3n) is 8.72. The van der Waals surface area contributed by atoms with Crippen molar-refractivity contribution in [3.63, 3.8) is 0 Å². The first kappa shape index (κ1) is 36.8. The first-order valence-electron chi connectivity index (χ1n) is 15.2. The van der Waals surface area contributed by atoms with E-state index >= 15 is 0 Å². The summed E-state index contributed by atoms with van der Waals surface area (Å²) in [6.45, 7) is 8.96. The topological polar surface area (TPSA) is 217 Å². The molecule has 0 aromatic heterocycles. The molecule has 0 radical (unpaired) electrons. The van der Waals surface area contributed by atoms with E-state index in [9.17, 15) is 49.8 Å². The minimum atomic E-state index is -3.86. The van der Waals surface area contributed by atoms with E-state index in [1.165, 1.54) is 6.92 Å². The van der Waals surface area contributed by atoms with Crippen LogP contribution in [0, 0.1) is 11.8 Å². The number of carboxylic acids is 3. The van der Waals surface area contributed by atoms with Crippen LogP contribution in [-0.2, 0) is 39.8 Å². The third-order valence-corrected chi connectivity index (χ3v) is 8.72. The average molecular weight is 649 g/mol. The van der Waals surface area contributed by atoms with Gasteiger partial charge in [-0.1, -0.05) is 69.2 Å². The maximum atomic E-state index is 13.0. The highest BCUT2D eigenvalue weighted by molar-refractivity contribution is 5.98. The lowest BCUT2D eigenvalue weighted by Gasteiger charge is -2.48. The Morgan fingerprint density at radius 3 is 2.26 bits per heavy atom. The van der Waals surface area contributed by atoms with E-state index < -0.39 is 71.2 Å². The van der Waals surface area contributed by atoms with Gasteiger partial charge in [0.1, 0.15) is 6.10 Å².